The molecule has 24 heavy (non-hydrogen) atoms. The summed E-state index contributed by atoms with van der Waals surface area (Å²) in [6.45, 7) is 7.06. The summed E-state index contributed by atoms with van der Waals surface area (Å²) < 4.78 is 5.02. The number of aromatic nitrogens is 1. The second-order valence-corrected chi connectivity index (χ2v) is 7.29. The van der Waals surface area contributed by atoms with Crippen molar-refractivity contribution in [3.63, 3.8) is 0 Å². The van der Waals surface area contributed by atoms with Gasteiger partial charge in [0.2, 0.25) is 11.8 Å². The molecule has 2 aliphatic heterocycles. The fourth-order valence-corrected chi connectivity index (χ4v) is 3.66. The average Bonchev–Trinajstić information content (AvgIpc) is 3.00. The number of likely N-dealkylation sites (tertiary alicyclic amines) is 2. The summed E-state index contributed by atoms with van der Waals surface area (Å²) in [5, 5.41) is 3.89. The van der Waals surface area contributed by atoms with Crippen molar-refractivity contribution in [2.75, 3.05) is 26.2 Å². The summed E-state index contributed by atoms with van der Waals surface area (Å²) in [5.74, 6) is 1.65. The van der Waals surface area contributed by atoms with E-state index in [-0.39, 0.29) is 24.2 Å². The molecule has 0 aromatic carbocycles. The Morgan fingerprint density at radius 1 is 1.21 bits per heavy atom. The van der Waals surface area contributed by atoms with Crippen LogP contribution in [0.5, 0.6) is 0 Å². The van der Waals surface area contributed by atoms with Crippen LogP contribution in [0, 0.1) is 18.8 Å². The van der Waals surface area contributed by atoms with Crippen molar-refractivity contribution in [2.45, 2.75) is 46.0 Å². The third kappa shape index (κ3) is 3.97. The Labute approximate surface area is 143 Å². The molecule has 2 amide bonds. The second-order valence-electron chi connectivity index (χ2n) is 7.29. The number of hydrogen-bond donors (Lipinski definition) is 0. The first-order valence-corrected chi connectivity index (χ1v) is 9.01. The molecular weight excluding hydrogens is 306 g/mol. The minimum absolute atomic E-state index is 0.0352. The molecule has 3 heterocycles. The lowest BCUT2D eigenvalue weighted by molar-refractivity contribution is -0.141. The number of carbonyl (C=O) groups excluding carboxylic acids is 2. The summed E-state index contributed by atoms with van der Waals surface area (Å²) >= 11 is 0. The van der Waals surface area contributed by atoms with Crippen molar-refractivity contribution in [3.8, 4) is 0 Å². The quantitative estimate of drug-likeness (QED) is 0.849. The number of nitrogens with zero attached hydrogens (tertiary/aromatic N) is 3. The maximum absolute atomic E-state index is 12.8. The van der Waals surface area contributed by atoms with Gasteiger partial charge in [-0.05, 0) is 38.5 Å². The van der Waals surface area contributed by atoms with Gasteiger partial charge >= 0.3 is 0 Å². The Balaban J connectivity index is 1.55. The molecule has 1 aromatic heterocycles. The van der Waals surface area contributed by atoms with Crippen LogP contribution < -0.4 is 0 Å². The number of piperidine rings is 2. The number of carbonyl (C=O) groups is 2. The monoisotopic (exact) mass is 333 g/mol. The third-order valence-corrected chi connectivity index (χ3v) is 5.23. The summed E-state index contributed by atoms with van der Waals surface area (Å²) in [7, 11) is 0. The fourth-order valence-electron chi connectivity index (χ4n) is 3.66. The standard InChI is InChI=1S/C18H27N3O3/c1-13-5-8-20(9-6-13)18(23)15-4-3-7-21(12-15)17(22)11-16-10-14(2)24-19-16/h10,13,15H,3-9,11-12H2,1-2H3/t15-/m1/s1. The molecule has 0 aliphatic carbocycles. The molecule has 0 unspecified atom stereocenters. The van der Waals surface area contributed by atoms with Crippen LogP contribution in [0.2, 0.25) is 0 Å². The van der Waals surface area contributed by atoms with Crippen LogP contribution >= 0.6 is 0 Å². The van der Waals surface area contributed by atoms with Crippen molar-refractivity contribution in [1.29, 1.82) is 0 Å². The first-order valence-electron chi connectivity index (χ1n) is 9.01. The molecule has 0 bridgehead atoms. The van der Waals surface area contributed by atoms with Gasteiger partial charge in [-0.1, -0.05) is 12.1 Å². The molecular formula is C18H27N3O3. The highest BCUT2D eigenvalue weighted by atomic mass is 16.5. The normalized spacial score (nSPS) is 22.7. The number of aryl methyl sites for hydroxylation is 1. The van der Waals surface area contributed by atoms with Crippen molar-refractivity contribution >= 4 is 11.8 Å². The molecule has 1 atom stereocenters. The summed E-state index contributed by atoms with van der Waals surface area (Å²) in [4.78, 5) is 29.1. The van der Waals surface area contributed by atoms with Crippen LogP contribution in [0.25, 0.3) is 0 Å². The average molecular weight is 333 g/mol. The van der Waals surface area contributed by atoms with E-state index in [1.165, 1.54) is 0 Å². The molecule has 2 aliphatic rings. The molecule has 2 saturated heterocycles. The van der Waals surface area contributed by atoms with Gasteiger partial charge in [0.25, 0.3) is 0 Å². The van der Waals surface area contributed by atoms with E-state index < -0.39 is 0 Å². The van der Waals surface area contributed by atoms with E-state index in [0.29, 0.717) is 23.9 Å². The van der Waals surface area contributed by atoms with Crippen LogP contribution in [-0.2, 0) is 16.0 Å². The zero-order valence-electron chi connectivity index (χ0n) is 14.7. The second kappa shape index (κ2) is 7.36. The first kappa shape index (κ1) is 17.0. The van der Waals surface area contributed by atoms with E-state index in [2.05, 4.69) is 12.1 Å². The smallest absolute Gasteiger partial charge is 0.228 e. The molecule has 0 spiro atoms. The van der Waals surface area contributed by atoms with Crippen molar-refractivity contribution < 1.29 is 14.1 Å². The molecule has 6 nitrogen and oxygen atoms in total. The Bertz CT molecular complexity index is 590. The first-order chi connectivity index (χ1) is 11.5. The molecule has 2 fully saturated rings. The topological polar surface area (TPSA) is 66.7 Å². The Kier molecular flexibility index (Phi) is 5.21. The highest BCUT2D eigenvalue weighted by Crippen LogP contribution is 2.23. The van der Waals surface area contributed by atoms with Gasteiger partial charge in [-0.2, -0.15) is 0 Å². The zero-order valence-corrected chi connectivity index (χ0v) is 14.7. The molecule has 0 radical (unpaired) electrons. The van der Waals surface area contributed by atoms with Crippen molar-refractivity contribution in [2.24, 2.45) is 11.8 Å². The van der Waals surface area contributed by atoms with Gasteiger partial charge in [-0.15, -0.1) is 0 Å². The van der Waals surface area contributed by atoms with Crippen LogP contribution in [0.4, 0.5) is 0 Å². The van der Waals surface area contributed by atoms with Gasteiger partial charge in [-0.3, -0.25) is 9.59 Å². The highest BCUT2D eigenvalue weighted by Gasteiger charge is 2.32. The van der Waals surface area contributed by atoms with Crippen molar-refractivity contribution in [3.05, 3.63) is 17.5 Å². The number of rotatable bonds is 3. The minimum Gasteiger partial charge on any atom is -0.361 e. The summed E-state index contributed by atoms with van der Waals surface area (Å²) in [6, 6.07) is 1.79. The van der Waals surface area contributed by atoms with E-state index in [9.17, 15) is 9.59 Å². The summed E-state index contributed by atoms with van der Waals surface area (Å²) in [6.07, 6.45) is 4.21. The summed E-state index contributed by atoms with van der Waals surface area (Å²) in [5.41, 5.74) is 0.663. The van der Waals surface area contributed by atoms with Gasteiger partial charge in [0, 0.05) is 32.2 Å². The highest BCUT2D eigenvalue weighted by molar-refractivity contribution is 5.82. The number of amides is 2. The molecule has 0 saturated carbocycles. The van der Waals surface area contributed by atoms with E-state index in [1.807, 2.05) is 16.7 Å². The largest absolute Gasteiger partial charge is 0.361 e. The van der Waals surface area contributed by atoms with E-state index in [4.69, 9.17) is 4.52 Å². The SMILES string of the molecule is Cc1cc(CC(=O)N2CCC[C@@H](C(=O)N3CCC(C)CC3)C2)no1. The molecule has 132 valence electrons. The maximum Gasteiger partial charge on any atom is 0.228 e. The maximum atomic E-state index is 12.8. The fraction of sp³-hybridized carbons (Fsp3) is 0.722. The number of hydrogen-bond acceptors (Lipinski definition) is 4. The van der Waals surface area contributed by atoms with Gasteiger partial charge in [0.1, 0.15) is 5.76 Å². The molecule has 0 N–H and O–H groups in total. The Hall–Kier alpha value is -1.85. The van der Waals surface area contributed by atoms with Crippen molar-refractivity contribution in [1.82, 2.24) is 15.0 Å². The van der Waals surface area contributed by atoms with Crippen LogP contribution in [0.3, 0.4) is 0 Å². The predicted molar refractivity (Wildman–Crippen MR) is 89.2 cm³/mol. The lowest BCUT2D eigenvalue weighted by atomic mass is 9.93. The van der Waals surface area contributed by atoms with Gasteiger partial charge < -0.3 is 14.3 Å². The van der Waals surface area contributed by atoms with Gasteiger partial charge in [-0.25, -0.2) is 0 Å². The lowest BCUT2D eigenvalue weighted by Gasteiger charge is -2.37. The van der Waals surface area contributed by atoms with Crippen LogP contribution in [-0.4, -0.2) is 52.9 Å². The Morgan fingerprint density at radius 3 is 2.62 bits per heavy atom. The predicted octanol–water partition coefficient (Wildman–Crippen LogP) is 2.02. The van der Waals surface area contributed by atoms with Gasteiger partial charge in [0.15, 0.2) is 0 Å². The van der Waals surface area contributed by atoms with Crippen LogP contribution in [0.15, 0.2) is 10.6 Å². The van der Waals surface area contributed by atoms with E-state index in [1.54, 1.807) is 6.07 Å². The minimum atomic E-state index is -0.0462. The Morgan fingerprint density at radius 2 is 1.96 bits per heavy atom. The molecule has 3 rings (SSSR count). The van der Waals surface area contributed by atoms with Gasteiger partial charge in [0.05, 0.1) is 18.0 Å². The van der Waals surface area contributed by atoms with E-state index in [0.717, 1.165) is 45.3 Å². The lowest BCUT2D eigenvalue weighted by Crippen LogP contribution is -2.48. The molecule has 6 heteroatoms. The third-order valence-electron chi connectivity index (χ3n) is 5.23. The van der Waals surface area contributed by atoms with Crippen LogP contribution in [0.1, 0.15) is 44.1 Å². The molecule has 1 aromatic rings. The zero-order chi connectivity index (χ0) is 17.1. The van der Waals surface area contributed by atoms with E-state index >= 15 is 0 Å².